The van der Waals surface area contributed by atoms with E-state index in [1.807, 2.05) is 0 Å². The highest BCUT2D eigenvalue weighted by molar-refractivity contribution is 5.70. The summed E-state index contributed by atoms with van der Waals surface area (Å²) in [5.74, 6) is -0.496. The minimum absolute atomic E-state index is 0.200. The van der Waals surface area contributed by atoms with E-state index in [0.717, 1.165) is 32.2 Å². The van der Waals surface area contributed by atoms with Gasteiger partial charge in [-0.3, -0.25) is 9.69 Å². The van der Waals surface area contributed by atoms with E-state index >= 15 is 0 Å². The number of rotatable bonds is 3. The van der Waals surface area contributed by atoms with Gasteiger partial charge in [0.2, 0.25) is 0 Å². The summed E-state index contributed by atoms with van der Waals surface area (Å²) in [7, 11) is 0. The van der Waals surface area contributed by atoms with Crippen molar-refractivity contribution in [3.05, 3.63) is 0 Å². The molecule has 0 radical (unpaired) electrons. The van der Waals surface area contributed by atoms with E-state index in [0.29, 0.717) is 18.5 Å². The minimum atomic E-state index is -0.664. The van der Waals surface area contributed by atoms with E-state index in [-0.39, 0.29) is 12.5 Å². The number of likely N-dealkylation sites (tertiary alicyclic amines) is 1. The van der Waals surface area contributed by atoms with Crippen LogP contribution in [0.1, 0.15) is 32.1 Å². The van der Waals surface area contributed by atoms with Crippen molar-refractivity contribution in [1.82, 2.24) is 4.90 Å². The average molecular weight is 227 g/mol. The van der Waals surface area contributed by atoms with Crippen molar-refractivity contribution in [1.29, 1.82) is 0 Å². The van der Waals surface area contributed by atoms with Crippen LogP contribution in [0.5, 0.6) is 0 Å². The first kappa shape index (κ1) is 11.9. The lowest BCUT2D eigenvalue weighted by molar-refractivity contribution is -0.144. The molecule has 2 N–H and O–H groups in total. The second-order valence-corrected chi connectivity index (χ2v) is 5.11. The van der Waals surface area contributed by atoms with Gasteiger partial charge in [0.15, 0.2) is 0 Å². The van der Waals surface area contributed by atoms with Crippen LogP contribution in [-0.2, 0) is 4.79 Å². The number of hydrogen-bond acceptors (Lipinski definition) is 3. The summed E-state index contributed by atoms with van der Waals surface area (Å²) in [5.41, 5.74) is 0. The Kier molecular flexibility index (Phi) is 3.82. The largest absolute Gasteiger partial charge is 0.481 e. The number of aliphatic hydroxyl groups excluding tert-OH is 1. The first-order chi connectivity index (χ1) is 7.72. The maximum Gasteiger partial charge on any atom is 0.307 e. The molecule has 0 amide bonds. The first-order valence-electron chi connectivity index (χ1n) is 6.30. The lowest BCUT2D eigenvalue weighted by Crippen LogP contribution is -2.46. The zero-order chi connectivity index (χ0) is 11.5. The standard InChI is InChI=1S/C12H21NO3/c14-8-10-3-1-5-11(10)13-6-2-4-9(7-13)12(15)16/h9-11,14H,1-8H2,(H,15,16). The van der Waals surface area contributed by atoms with Crippen LogP contribution in [0.3, 0.4) is 0 Å². The molecule has 4 heteroatoms. The maximum absolute atomic E-state index is 11.0. The summed E-state index contributed by atoms with van der Waals surface area (Å²) in [6, 6.07) is 0.423. The molecule has 2 fully saturated rings. The first-order valence-corrected chi connectivity index (χ1v) is 6.30. The van der Waals surface area contributed by atoms with Crippen LogP contribution >= 0.6 is 0 Å². The molecule has 4 nitrogen and oxygen atoms in total. The third-order valence-corrected chi connectivity index (χ3v) is 4.12. The van der Waals surface area contributed by atoms with Gasteiger partial charge in [-0.05, 0) is 38.1 Å². The summed E-state index contributed by atoms with van der Waals surface area (Å²) in [6.45, 7) is 1.93. The maximum atomic E-state index is 11.0. The molecule has 2 rings (SSSR count). The average Bonchev–Trinajstić information content (AvgIpc) is 2.77. The molecule has 1 saturated carbocycles. The second kappa shape index (κ2) is 5.15. The van der Waals surface area contributed by atoms with E-state index in [9.17, 15) is 9.90 Å². The Labute approximate surface area is 96.3 Å². The van der Waals surface area contributed by atoms with Gasteiger partial charge < -0.3 is 10.2 Å². The molecule has 0 aromatic heterocycles. The zero-order valence-corrected chi connectivity index (χ0v) is 9.64. The van der Waals surface area contributed by atoms with Crippen LogP contribution in [0.25, 0.3) is 0 Å². The van der Waals surface area contributed by atoms with Crippen molar-refractivity contribution in [2.75, 3.05) is 19.7 Å². The fourth-order valence-electron chi connectivity index (χ4n) is 3.22. The van der Waals surface area contributed by atoms with Gasteiger partial charge in [0.25, 0.3) is 0 Å². The molecular formula is C12H21NO3. The lowest BCUT2D eigenvalue weighted by Gasteiger charge is -2.37. The second-order valence-electron chi connectivity index (χ2n) is 5.11. The quantitative estimate of drug-likeness (QED) is 0.753. The van der Waals surface area contributed by atoms with Gasteiger partial charge in [0, 0.05) is 19.2 Å². The smallest absolute Gasteiger partial charge is 0.307 e. The monoisotopic (exact) mass is 227 g/mol. The van der Waals surface area contributed by atoms with Crippen LogP contribution in [-0.4, -0.2) is 46.8 Å². The van der Waals surface area contributed by atoms with Gasteiger partial charge in [-0.25, -0.2) is 0 Å². The summed E-state index contributed by atoms with van der Waals surface area (Å²) in [4.78, 5) is 13.3. The molecule has 92 valence electrons. The van der Waals surface area contributed by atoms with Crippen molar-refractivity contribution >= 4 is 5.97 Å². The molecular weight excluding hydrogens is 206 g/mol. The highest BCUT2D eigenvalue weighted by atomic mass is 16.4. The predicted molar refractivity (Wildman–Crippen MR) is 60.1 cm³/mol. The Morgan fingerprint density at radius 3 is 2.75 bits per heavy atom. The van der Waals surface area contributed by atoms with Crippen LogP contribution in [0, 0.1) is 11.8 Å². The Hall–Kier alpha value is -0.610. The van der Waals surface area contributed by atoms with Crippen LogP contribution in [0.4, 0.5) is 0 Å². The fraction of sp³-hybridized carbons (Fsp3) is 0.917. The van der Waals surface area contributed by atoms with E-state index in [2.05, 4.69) is 4.90 Å². The number of aliphatic carboxylic acids is 1. The zero-order valence-electron chi connectivity index (χ0n) is 9.64. The van der Waals surface area contributed by atoms with Crippen LogP contribution < -0.4 is 0 Å². The fourth-order valence-corrected chi connectivity index (χ4v) is 3.22. The molecule has 3 unspecified atom stereocenters. The van der Waals surface area contributed by atoms with Gasteiger partial charge in [-0.1, -0.05) is 6.42 Å². The summed E-state index contributed by atoms with van der Waals surface area (Å²) in [5, 5.41) is 18.3. The summed E-state index contributed by atoms with van der Waals surface area (Å²) < 4.78 is 0. The molecule has 1 aliphatic carbocycles. The molecule has 1 saturated heterocycles. The molecule has 0 aromatic rings. The number of carbonyl (C=O) groups is 1. The number of piperidine rings is 1. The van der Waals surface area contributed by atoms with Gasteiger partial charge in [0.05, 0.1) is 5.92 Å². The Balaban J connectivity index is 1.95. The van der Waals surface area contributed by atoms with Gasteiger partial charge in [-0.2, -0.15) is 0 Å². The Bertz CT molecular complexity index is 257. The Morgan fingerprint density at radius 2 is 2.06 bits per heavy atom. The van der Waals surface area contributed by atoms with Crippen molar-refractivity contribution < 1.29 is 15.0 Å². The molecule has 1 heterocycles. The summed E-state index contributed by atoms with van der Waals surface area (Å²) in [6.07, 6.45) is 5.17. The van der Waals surface area contributed by atoms with Crippen molar-refractivity contribution in [3.63, 3.8) is 0 Å². The third-order valence-electron chi connectivity index (χ3n) is 4.12. The number of hydrogen-bond donors (Lipinski definition) is 2. The highest BCUT2D eigenvalue weighted by Crippen LogP contribution is 2.32. The van der Waals surface area contributed by atoms with Crippen LogP contribution in [0.15, 0.2) is 0 Å². The molecule has 0 bridgehead atoms. The SMILES string of the molecule is O=C(O)C1CCCN(C2CCCC2CO)C1. The van der Waals surface area contributed by atoms with Crippen molar-refractivity contribution in [2.45, 2.75) is 38.1 Å². The van der Waals surface area contributed by atoms with Gasteiger partial charge in [-0.15, -0.1) is 0 Å². The molecule has 0 aromatic carbocycles. The number of aliphatic hydroxyl groups is 1. The van der Waals surface area contributed by atoms with E-state index in [1.165, 1.54) is 6.42 Å². The lowest BCUT2D eigenvalue weighted by atomic mass is 9.94. The molecule has 2 aliphatic rings. The highest BCUT2D eigenvalue weighted by Gasteiger charge is 2.35. The molecule has 16 heavy (non-hydrogen) atoms. The van der Waals surface area contributed by atoms with Crippen LogP contribution in [0.2, 0.25) is 0 Å². The minimum Gasteiger partial charge on any atom is -0.481 e. The van der Waals surface area contributed by atoms with E-state index < -0.39 is 5.97 Å². The third kappa shape index (κ3) is 2.38. The molecule has 1 aliphatic heterocycles. The number of carboxylic acids is 1. The number of carboxylic acid groups (broad SMARTS) is 1. The van der Waals surface area contributed by atoms with Gasteiger partial charge in [0.1, 0.15) is 0 Å². The molecule has 0 spiro atoms. The van der Waals surface area contributed by atoms with Gasteiger partial charge >= 0.3 is 5.97 Å². The normalized spacial score (nSPS) is 36.4. The Morgan fingerprint density at radius 1 is 1.25 bits per heavy atom. The summed E-state index contributed by atoms with van der Waals surface area (Å²) >= 11 is 0. The van der Waals surface area contributed by atoms with Crippen molar-refractivity contribution in [2.24, 2.45) is 11.8 Å². The topological polar surface area (TPSA) is 60.8 Å². The number of nitrogens with zero attached hydrogens (tertiary/aromatic N) is 1. The van der Waals surface area contributed by atoms with E-state index in [4.69, 9.17) is 5.11 Å². The molecule has 3 atom stereocenters. The predicted octanol–water partition coefficient (Wildman–Crippen LogP) is 0.944. The van der Waals surface area contributed by atoms with Crippen molar-refractivity contribution in [3.8, 4) is 0 Å². The van der Waals surface area contributed by atoms with E-state index in [1.54, 1.807) is 0 Å².